The van der Waals surface area contributed by atoms with Crippen molar-refractivity contribution in [1.29, 1.82) is 0 Å². The van der Waals surface area contributed by atoms with Crippen molar-refractivity contribution in [2.45, 2.75) is 19.0 Å². The second-order valence-electron chi connectivity index (χ2n) is 5.02. The lowest BCUT2D eigenvalue weighted by Crippen LogP contribution is -2.44. The van der Waals surface area contributed by atoms with Crippen LogP contribution in [0.25, 0.3) is 0 Å². The predicted molar refractivity (Wildman–Crippen MR) is 88.6 cm³/mol. The number of anilines is 1. The van der Waals surface area contributed by atoms with Crippen LogP contribution < -0.4 is 10.6 Å². The van der Waals surface area contributed by atoms with E-state index in [1.54, 1.807) is 6.07 Å². The summed E-state index contributed by atoms with van der Waals surface area (Å²) in [7, 11) is 0. The smallest absolute Gasteiger partial charge is 0.241 e. The van der Waals surface area contributed by atoms with E-state index in [0.717, 1.165) is 11.0 Å². The molecule has 2 N–H and O–H groups in total. The van der Waals surface area contributed by atoms with Crippen molar-refractivity contribution >= 4 is 39.1 Å². The minimum Gasteiger partial charge on any atom is -0.325 e. The second-order valence-corrected chi connectivity index (χ2v) is 6.29. The van der Waals surface area contributed by atoms with Crippen LogP contribution in [-0.4, -0.2) is 11.9 Å². The molecule has 1 aliphatic rings. The van der Waals surface area contributed by atoms with Crippen LogP contribution in [0, 0.1) is 0 Å². The molecule has 0 aliphatic carbocycles. The minimum atomic E-state index is -0.220. The predicted octanol–water partition coefficient (Wildman–Crippen LogP) is 3.76. The summed E-state index contributed by atoms with van der Waals surface area (Å²) >= 11 is 9.37. The summed E-state index contributed by atoms with van der Waals surface area (Å²) in [6.45, 7) is 0.718. The number of halogens is 2. The van der Waals surface area contributed by atoms with E-state index >= 15 is 0 Å². The number of hydrogen-bond acceptors (Lipinski definition) is 2. The average molecular weight is 366 g/mol. The summed E-state index contributed by atoms with van der Waals surface area (Å²) in [5, 5.41) is 6.75. The Bertz CT molecular complexity index is 690. The second kappa shape index (κ2) is 6.18. The standard InChI is InChI=1S/C16H14BrClN2O/c17-13-6-5-12(8-14(13)18)20-16(21)15-7-10-3-1-2-4-11(10)9-19-15/h1-6,8,15,19H,7,9H2,(H,20,21)/t15-/m0/s1. The molecular weight excluding hydrogens is 352 g/mol. The molecule has 1 amide bonds. The number of amides is 1. The van der Waals surface area contributed by atoms with Crippen LogP contribution in [0.2, 0.25) is 5.02 Å². The molecule has 1 heterocycles. The molecule has 0 saturated heterocycles. The van der Waals surface area contributed by atoms with Gasteiger partial charge in [0, 0.05) is 16.7 Å². The molecule has 2 aromatic rings. The highest BCUT2D eigenvalue weighted by molar-refractivity contribution is 9.10. The zero-order chi connectivity index (χ0) is 14.8. The first-order valence-electron chi connectivity index (χ1n) is 6.69. The van der Waals surface area contributed by atoms with Crippen LogP contribution in [-0.2, 0) is 17.8 Å². The molecule has 0 saturated carbocycles. The van der Waals surface area contributed by atoms with Gasteiger partial charge in [-0.1, -0.05) is 35.9 Å². The van der Waals surface area contributed by atoms with Crippen LogP contribution in [0.1, 0.15) is 11.1 Å². The maximum atomic E-state index is 12.3. The number of carbonyl (C=O) groups excluding carboxylic acids is 1. The van der Waals surface area contributed by atoms with Crippen molar-refractivity contribution in [3.63, 3.8) is 0 Å². The van der Waals surface area contributed by atoms with Crippen molar-refractivity contribution < 1.29 is 4.79 Å². The molecule has 0 bridgehead atoms. The Morgan fingerprint density at radius 3 is 2.76 bits per heavy atom. The molecule has 0 fully saturated rings. The maximum Gasteiger partial charge on any atom is 0.241 e. The lowest BCUT2D eigenvalue weighted by atomic mass is 9.95. The topological polar surface area (TPSA) is 41.1 Å². The number of nitrogens with one attached hydrogen (secondary N) is 2. The first-order chi connectivity index (χ1) is 10.1. The van der Waals surface area contributed by atoms with Crippen LogP contribution in [0.15, 0.2) is 46.9 Å². The Morgan fingerprint density at radius 2 is 2.00 bits per heavy atom. The summed E-state index contributed by atoms with van der Waals surface area (Å²) in [5.74, 6) is -0.0390. The molecule has 1 atom stereocenters. The molecule has 108 valence electrons. The Kier molecular flexibility index (Phi) is 4.29. The fourth-order valence-corrected chi connectivity index (χ4v) is 2.87. The monoisotopic (exact) mass is 364 g/mol. The normalized spacial score (nSPS) is 17.1. The summed E-state index contributed by atoms with van der Waals surface area (Å²) in [4.78, 5) is 12.3. The van der Waals surface area contributed by atoms with E-state index in [9.17, 15) is 4.79 Å². The fourth-order valence-electron chi connectivity index (χ4n) is 2.44. The third kappa shape index (κ3) is 3.28. The van der Waals surface area contributed by atoms with Gasteiger partial charge in [0.1, 0.15) is 0 Å². The number of carbonyl (C=O) groups is 1. The minimum absolute atomic E-state index is 0.0390. The Morgan fingerprint density at radius 1 is 1.24 bits per heavy atom. The van der Waals surface area contributed by atoms with Gasteiger partial charge in [-0.2, -0.15) is 0 Å². The Hall–Kier alpha value is -1.36. The molecule has 21 heavy (non-hydrogen) atoms. The highest BCUT2D eigenvalue weighted by atomic mass is 79.9. The van der Waals surface area contributed by atoms with Crippen LogP contribution in [0.3, 0.4) is 0 Å². The van der Waals surface area contributed by atoms with Crippen LogP contribution in [0.5, 0.6) is 0 Å². The average Bonchev–Trinajstić information content (AvgIpc) is 2.50. The summed E-state index contributed by atoms with van der Waals surface area (Å²) in [6.07, 6.45) is 0.701. The fraction of sp³-hybridized carbons (Fsp3) is 0.188. The number of benzene rings is 2. The van der Waals surface area contributed by atoms with Gasteiger partial charge in [0.2, 0.25) is 5.91 Å². The maximum absolute atomic E-state index is 12.3. The first-order valence-corrected chi connectivity index (χ1v) is 7.86. The van der Waals surface area contributed by atoms with Crippen molar-refractivity contribution in [2.24, 2.45) is 0 Å². The van der Waals surface area contributed by atoms with Crippen molar-refractivity contribution in [3.8, 4) is 0 Å². The van der Waals surface area contributed by atoms with Gasteiger partial charge in [0.05, 0.1) is 11.1 Å². The van der Waals surface area contributed by atoms with Gasteiger partial charge >= 0.3 is 0 Å². The molecule has 1 aliphatic heterocycles. The molecular formula is C16H14BrClN2O. The third-order valence-electron chi connectivity index (χ3n) is 3.58. The summed E-state index contributed by atoms with van der Waals surface area (Å²) in [6, 6.07) is 13.4. The first kappa shape index (κ1) is 14.6. The van der Waals surface area contributed by atoms with E-state index < -0.39 is 0 Å². The van der Waals surface area contributed by atoms with E-state index in [1.165, 1.54) is 11.1 Å². The molecule has 5 heteroatoms. The summed E-state index contributed by atoms with van der Waals surface area (Å²) in [5.41, 5.74) is 3.19. The Balaban J connectivity index is 1.70. The van der Waals surface area contributed by atoms with Gasteiger partial charge in [0.15, 0.2) is 0 Å². The van der Waals surface area contributed by atoms with Crippen molar-refractivity contribution in [2.75, 3.05) is 5.32 Å². The van der Waals surface area contributed by atoms with E-state index in [-0.39, 0.29) is 11.9 Å². The van der Waals surface area contributed by atoms with Gasteiger partial charge in [-0.3, -0.25) is 4.79 Å². The van der Waals surface area contributed by atoms with Gasteiger partial charge < -0.3 is 10.6 Å². The van der Waals surface area contributed by atoms with Gasteiger partial charge in [-0.05, 0) is 51.7 Å². The quantitative estimate of drug-likeness (QED) is 0.851. The molecule has 3 rings (SSSR count). The van der Waals surface area contributed by atoms with E-state index in [0.29, 0.717) is 17.1 Å². The molecule has 0 radical (unpaired) electrons. The lowest BCUT2D eigenvalue weighted by molar-refractivity contribution is -0.118. The highest BCUT2D eigenvalue weighted by Crippen LogP contribution is 2.26. The molecule has 0 unspecified atom stereocenters. The lowest BCUT2D eigenvalue weighted by Gasteiger charge is -2.25. The molecule has 0 aromatic heterocycles. The van der Waals surface area contributed by atoms with Crippen LogP contribution >= 0.6 is 27.5 Å². The van der Waals surface area contributed by atoms with E-state index in [1.807, 2.05) is 24.3 Å². The third-order valence-corrected chi connectivity index (χ3v) is 4.82. The SMILES string of the molecule is O=C(Nc1ccc(Br)c(Cl)c1)[C@@H]1Cc2ccccc2CN1. The molecule has 2 aromatic carbocycles. The van der Waals surface area contributed by atoms with Crippen molar-refractivity contribution in [3.05, 3.63) is 63.1 Å². The van der Waals surface area contributed by atoms with Crippen LogP contribution in [0.4, 0.5) is 5.69 Å². The number of fused-ring (bicyclic) bond motifs is 1. The number of hydrogen-bond donors (Lipinski definition) is 2. The zero-order valence-corrected chi connectivity index (χ0v) is 13.5. The molecule has 3 nitrogen and oxygen atoms in total. The largest absolute Gasteiger partial charge is 0.325 e. The number of rotatable bonds is 2. The zero-order valence-electron chi connectivity index (χ0n) is 11.2. The molecule has 0 spiro atoms. The van der Waals surface area contributed by atoms with Gasteiger partial charge in [-0.25, -0.2) is 0 Å². The van der Waals surface area contributed by atoms with Crippen molar-refractivity contribution in [1.82, 2.24) is 5.32 Å². The Labute approximate surface area is 136 Å². The van der Waals surface area contributed by atoms with E-state index in [2.05, 4.69) is 38.7 Å². The van der Waals surface area contributed by atoms with Gasteiger partial charge in [0.25, 0.3) is 0 Å². The highest BCUT2D eigenvalue weighted by Gasteiger charge is 2.23. The summed E-state index contributed by atoms with van der Waals surface area (Å²) < 4.78 is 0.812. The van der Waals surface area contributed by atoms with Gasteiger partial charge in [-0.15, -0.1) is 0 Å². The van der Waals surface area contributed by atoms with E-state index in [4.69, 9.17) is 11.6 Å².